The summed E-state index contributed by atoms with van der Waals surface area (Å²) in [6.45, 7) is 5.14. The van der Waals surface area contributed by atoms with E-state index < -0.39 is 22.0 Å². The Balaban J connectivity index is 1.95. The highest BCUT2D eigenvalue weighted by Crippen LogP contribution is 2.32. The SMILES string of the molecule is COc1ccc(S(=O)(=O)Nc2cccc([C@H]3NC(=O)N(C)C(C)=C3C(=O)OC(C)C)c2)cc1. The number of esters is 1. The average Bonchev–Trinajstić information content (AvgIpc) is 2.76. The van der Waals surface area contributed by atoms with Gasteiger partial charge in [-0.15, -0.1) is 0 Å². The number of urea groups is 1. The number of ether oxygens (including phenoxy) is 2. The summed E-state index contributed by atoms with van der Waals surface area (Å²) in [6, 6.07) is 11.3. The fourth-order valence-corrected chi connectivity index (χ4v) is 4.43. The maximum absolute atomic E-state index is 12.8. The molecule has 2 aromatic carbocycles. The summed E-state index contributed by atoms with van der Waals surface area (Å²) in [5.41, 5.74) is 1.55. The van der Waals surface area contributed by atoms with Crippen molar-refractivity contribution >= 4 is 27.7 Å². The summed E-state index contributed by atoms with van der Waals surface area (Å²) in [5, 5.41) is 2.79. The Kier molecular flexibility index (Phi) is 6.97. The number of methoxy groups -OCH3 is 1. The number of benzene rings is 2. The summed E-state index contributed by atoms with van der Waals surface area (Å²) in [6.07, 6.45) is -0.343. The summed E-state index contributed by atoms with van der Waals surface area (Å²) in [5.74, 6) is -0.0134. The second-order valence-corrected chi connectivity index (χ2v) is 9.48. The van der Waals surface area contributed by atoms with Gasteiger partial charge < -0.3 is 19.7 Å². The van der Waals surface area contributed by atoms with Crippen molar-refractivity contribution in [2.45, 2.75) is 37.8 Å². The van der Waals surface area contributed by atoms with E-state index in [1.165, 1.54) is 24.1 Å². The van der Waals surface area contributed by atoms with Crippen LogP contribution >= 0.6 is 0 Å². The highest BCUT2D eigenvalue weighted by molar-refractivity contribution is 7.92. The Labute approximate surface area is 193 Å². The van der Waals surface area contributed by atoms with Gasteiger partial charge in [-0.1, -0.05) is 12.1 Å². The molecule has 0 spiro atoms. The Morgan fingerprint density at radius 3 is 2.42 bits per heavy atom. The van der Waals surface area contributed by atoms with Crippen molar-refractivity contribution in [1.29, 1.82) is 0 Å². The number of carbonyl (C=O) groups is 2. The van der Waals surface area contributed by atoms with Crippen molar-refractivity contribution in [3.05, 3.63) is 65.4 Å². The molecule has 176 valence electrons. The van der Waals surface area contributed by atoms with Crippen LogP contribution in [0.4, 0.5) is 10.5 Å². The number of amides is 2. The fraction of sp³-hybridized carbons (Fsp3) is 0.304. The quantitative estimate of drug-likeness (QED) is 0.596. The van der Waals surface area contributed by atoms with Crippen LogP contribution in [0.3, 0.4) is 0 Å². The fourth-order valence-electron chi connectivity index (χ4n) is 3.38. The van der Waals surface area contributed by atoms with Crippen LogP contribution in [0.5, 0.6) is 5.75 Å². The van der Waals surface area contributed by atoms with Gasteiger partial charge in [-0.05, 0) is 62.7 Å². The Hall–Kier alpha value is -3.53. The standard InChI is InChI=1S/C23H27N3O6S/c1-14(2)32-22(27)20-15(3)26(4)23(28)24-21(20)16-7-6-8-17(13-16)25-33(29,30)19-11-9-18(31-5)10-12-19/h6-14,21,25H,1-5H3,(H,24,28)/t21-/m1/s1. The smallest absolute Gasteiger partial charge is 0.338 e. The van der Waals surface area contributed by atoms with Gasteiger partial charge in [0.05, 0.1) is 29.7 Å². The van der Waals surface area contributed by atoms with E-state index in [2.05, 4.69) is 10.0 Å². The second-order valence-electron chi connectivity index (χ2n) is 7.80. The molecular weight excluding hydrogens is 446 g/mol. The molecule has 2 N–H and O–H groups in total. The molecule has 0 aromatic heterocycles. The van der Waals surface area contributed by atoms with Crippen LogP contribution in [0.25, 0.3) is 0 Å². The van der Waals surface area contributed by atoms with Gasteiger partial charge in [-0.3, -0.25) is 4.72 Å². The van der Waals surface area contributed by atoms with Crippen molar-refractivity contribution < 1.29 is 27.5 Å². The maximum atomic E-state index is 12.8. The zero-order chi connectivity index (χ0) is 24.3. The Morgan fingerprint density at radius 1 is 1.15 bits per heavy atom. The van der Waals surface area contributed by atoms with Crippen LogP contribution in [0.2, 0.25) is 0 Å². The zero-order valence-electron chi connectivity index (χ0n) is 19.1. The van der Waals surface area contributed by atoms with Crippen molar-refractivity contribution in [3.63, 3.8) is 0 Å². The summed E-state index contributed by atoms with van der Waals surface area (Å²) < 4.78 is 38.6. The average molecular weight is 474 g/mol. The first-order valence-corrected chi connectivity index (χ1v) is 11.7. The number of nitrogens with one attached hydrogen (secondary N) is 2. The molecule has 2 amide bonds. The van der Waals surface area contributed by atoms with Gasteiger partial charge in [0.15, 0.2) is 0 Å². The van der Waals surface area contributed by atoms with E-state index in [4.69, 9.17) is 9.47 Å². The lowest BCUT2D eigenvalue weighted by molar-refractivity contribution is -0.143. The number of allylic oxidation sites excluding steroid dienone is 1. The minimum Gasteiger partial charge on any atom is -0.497 e. The van der Waals surface area contributed by atoms with Crippen LogP contribution in [0.15, 0.2) is 64.7 Å². The lowest BCUT2D eigenvalue weighted by atomic mass is 9.94. The third-order valence-electron chi connectivity index (χ3n) is 5.16. The van der Waals surface area contributed by atoms with E-state index in [0.29, 0.717) is 17.0 Å². The number of nitrogens with zero attached hydrogens (tertiary/aromatic N) is 1. The van der Waals surface area contributed by atoms with Crippen molar-refractivity contribution in [2.24, 2.45) is 0 Å². The molecule has 0 bridgehead atoms. The predicted molar refractivity (Wildman–Crippen MR) is 123 cm³/mol. The molecule has 1 aliphatic rings. The Bertz CT molecular complexity index is 1190. The molecule has 0 fully saturated rings. The first-order chi connectivity index (χ1) is 15.5. The molecule has 0 aliphatic carbocycles. The molecular formula is C23H27N3O6S. The lowest BCUT2D eigenvalue weighted by Crippen LogP contribution is -2.46. The number of carbonyl (C=O) groups excluding carboxylic acids is 2. The molecule has 0 saturated carbocycles. The molecule has 1 aliphatic heterocycles. The van der Waals surface area contributed by atoms with E-state index in [-0.39, 0.29) is 28.3 Å². The molecule has 3 rings (SSSR count). The van der Waals surface area contributed by atoms with E-state index >= 15 is 0 Å². The van der Waals surface area contributed by atoms with Crippen LogP contribution in [-0.4, -0.2) is 45.6 Å². The molecule has 1 heterocycles. The number of anilines is 1. The highest BCUT2D eigenvalue weighted by Gasteiger charge is 2.35. The largest absolute Gasteiger partial charge is 0.497 e. The number of rotatable bonds is 7. The van der Waals surface area contributed by atoms with Crippen LogP contribution in [0.1, 0.15) is 32.4 Å². The van der Waals surface area contributed by atoms with Crippen molar-refractivity contribution in [1.82, 2.24) is 10.2 Å². The van der Waals surface area contributed by atoms with Gasteiger partial charge >= 0.3 is 12.0 Å². The number of hydrogen-bond acceptors (Lipinski definition) is 6. The molecule has 1 atom stereocenters. The normalized spacial score (nSPS) is 16.5. The van der Waals surface area contributed by atoms with E-state index in [1.54, 1.807) is 64.2 Å². The van der Waals surface area contributed by atoms with E-state index in [9.17, 15) is 18.0 Å². The van der Waals surface area contributed by atoms with Gasteiger partial charge in [0.2, 0.25) is 0 Å². The highest BCUT2D eigenvalue weighted by atomic mass is 32.2. The molecule has 10 heteroatoms. The Morgan fingerprint density at radius 2 is 1.82 bits per heavy atom. The van der Waals surface area contributed by atoms with Crippen LogP contribution in [0, 0.1) is 0 Å². The first-order valence-electron chi connectivity index (χ1n) is 10.3. The second kappa shape index (κ2) is 9.53. The molecule has 2 aromatic rings. The van der Waals surface area contributed by atoms with E-state index in [1.807, 2.05) is 0 Å². The third-order valence-corrected chi connectivity index (χ3v) is 6.56. The predicted octanol–water partition coefficient (Wildman–Crippen LogP) is 3.42. The van der Waals surface area contributed by atoms with Crippen LogP contribution in [-0.2, 0) is 19.6 Å². The lowest BCUT2D eigenvalue weighted by Gasteiger charge is -2.33. The van der Waals surface area contributed by atoms with E-state index in [0.717, 1.165) is 0 Å². The van der Waals surface area contributed by atoms with Crippen molar-refractivity contribution in [3.8, 4) is 5.75 Å². The van der Waals surface area contributed by atoms with Gasteiger partial charge in [-0.25, -0.2) is 18.0 Å². The molecule has 33 heavy (non-hydrogen) atoms. The topological polar surface area (TPSA) is 114 Å². The van der Waals surface area contributed by atoms with Gasteiger partial charge in [0.1, 0.15) is 5.75 Å². The number of sulfonamides is 1. The third kappa shape index (κ3) is 5.28. The molecule has 0 saturated heterocycles. The molecule has 9 nitrogen and oxygen atoms in total. The summed E-state index contributed by atoms with van der Waals surface area (Å²) >= 11 is 0. The monoisotopic (exact) mass is 473 g/mol. The molecule has 0 radical (unpaired) electrons. The first kappa shape index (κ1) is 24.1. The maximum Gasteiger partial charge on any atom is 0.338 e. The number of hydrogen-bond donors (Lipinski definition) is 2. The van der Waals surface area contributed by atoms with Gasteiger partial charge in [-0.2, -0.15) is 0 Å². The molecule has 0 unspecified atom stereocenters. The minimum atomic E-state index is -3.87. The summed E-state index contributed by atoms with van der Waals surface area (Å²) in [7, 11) is -0.812. The minimum absolute atomic E-state index is 0.0678. The van der Waals surface area contributed by atoms with Crippen LogP contribution < -0.4 is 14.8 Å². The van der Waals surface area contributed by atoms with Crippen molar-refractivity contribution in [2.75, 3.05) is 18.9 Å². The zero-order valence-corrected chi connectivity index (χ0v) is 19.9. The summed E-state index contributed by atoms with van der Waals surface area (Å²) in [4.78, 5) is 26.7. The van der Waals surface area contributed by atoms with Gasteiger partial charge in [0.25, 0.3) is 10.0 Å². The van der Waals surface area contributed by atoms with Gasteiger partial charge in [0, 0.05) is 18.4 Å².